The fraction of sp³-hybridized carbons (Fsp3) is 0.462. The van der Waals surface area contributed by atoms with Gasteiger partial charge in [0, 0.05) is 17.8 Å². The molecule has 0 aromatic carbocycles. The monoisotopic (exact) mass is 222 g/mol. The molecule has 3 N–H and O–H groups in total. The second-order valence-electron chi connectivity index (χ2n) is 3.71. The maximum absolute atomic E-state index is 11.5. The van der Waals surface area contributed by atoms with Crippen molar-refractivity contribution in [2.45, 2.75) is 33.6 Å². The van der Waals surface area contributed by atoms with Crippen LogP contribution in [0.2, 0.25) is 0 Å². The SMILES string of the molecule is C=C(/C=C(N)\C(C)=C/C)C(=O)NCCCC. The van der Waals surface area contributed by atoms with E-state index in [1.54, 1.807) is 6.08 Å². The van der Waals surface area contributed by atoms with Crippen LogP contribution in [-0.4, -0.2) is 12.5 Å². The first kappa shape index (κ1) is 14.5. The van der Waals surface area contributed by atoms with Crippen LogP contribution in [0.1, 0.15) is 33.6 Å². The summed E-state index contributed by atoms with van der Waals surface area (Å²) in [6, 6.07) is 0. The molecule has 3 heteroatoms. The molecule has 0 spiro atoms. The van der Waals surface area contributed by atoms with Crippen LogP contribution in [0, 0.1) is 0 Å². The van der Waals surface area contributed by atoms with Gasteiger partial charge in [0.25, 0.3) is 5.91 Å². The van der Waals surface area contributed by atoms with Gasteiger partial charge in [0.05, 0.1) is 0 Å². The van der Waals surface area contributed by atoms with Gasteiger partial charge in [-0.2, -0.15) is 0 Å². The molecule has 0 fully saturated rings. The van der Waals surface area contributed by atoms with Crippen LogP contribution in [0.3, 0.4) is 0 Å². The van der Waals surface area contributed by atoms with E-state index in [1.165, 1.54) is 0 Å². The van der Waals surface area contributed by atoms with Crippen LogP contribution in [0.4, 0.5) is 0 Å². The minimum absolute atomic E-state index is 0.152. The maximum atomic E-state index is 11.5. The van der Waals surface area contributed by atoms with Gasteiger partial charge >= 0.3 is 0 Å². The van der Waals surface area contributed by atoms with Crippen LogP contribution < -0.4 is 11.1 Å². The van der Waals surface area contributed by atoms with Gasteiger partial charge in [-0.15, -0.1) is 0 Å². The number of rotatable bonds is 6. The Hall–Kier alpha value is -1.51. The van der Waals surface area contributed by atoms with Crippen molar-refractivity contribution in [1.29, 1.82) is 0 Å². The molecule has 0 aliphatic heterocycles. The highest BCUT2D eigenvalue weighted by Gasteiger charge is 2.04. The Morgan fingerprint density at radius 2 is 2.12 bits per heavy atom. The number of hydrogen-bond acceptors (Lipinski definition) is 2. The van der Waals surface area contributed by atoms with E-state index in [-0.39, 0.29) is 5.91 Å². The number of nitrogens with two attached hydrogens (primary N) is 1. The van der Waals surface area contributed by atoms with Gasteiger partial charge in [-0.3, -0.25) is 4.79 Å². The van der Waals surface area contributed by atoms with Crippen molar-refractivity contribution in [3.63, 3.8) is 0 Å². The highest BCUT2D eigenvalue weighted by molar-refractivity contribution is 5.95. The van der Waals surface area contributed by atoms with Crippen LogP contribution in [0.5, 0.6) is 0 Å². The summed E-state index contributed by atoms with van der Waals surface area (Å²) < 4.78 is 0. The van der Waals surface area contributed by atoms with E-state index in [9.17, 15) is 4.79 Å². The molecule has 0 atom stereocenters. The fourth-order valence-electron chi connectivity index (χ4n) is 1.03. The first-order valence-electron chi connectivity index (χ1n) is 5.60. The summed E-state index contributed by atoms with van der Waals surface area (Å²) in [4.78, 5) is 11.5. The summed E-state index contributed by atoms with van der Waals surface area (Å²) in [5.41, 5.74) is 7.70. The minimum atomic E-state index is -0.152. The minimum Gasteiger partial charge on any atom is -0.399 e. The number of allylic oxidation sites excluding steroid dienone is 2. The zero-order valence-electron chi connectivity index (χ0n) is 10.5. The molecule has 16 heavy (non-hydrogen) atoms. The van der Waals surface area contributed by atoms with E-state index in [2.05, 4.69) is 18.8 Å². The molecule has 3 nitrogen and oxygen atoms in total. The van der Waals surface area contributed by atoms with Crippen molar-refractivity contribution in [3.8, 4) is 0 Å². The summed E-state index contributed by atoms with van der Waals surface area (Å²) in [6.07, 6.45) is 5.54. The molecule has 0 aromatic rings. The van der Waals surface area contributed by atoms with Gasteiger partial charge in [-0.1, -0.05) is 26.0 Å². The molecular weight excluding hydrogens is 200 g/mol. The lowest BCUT2D eigenvalue weighted by Crippen LogP contribution is -2.25. The van der Waals surface area contributed by atoms with Crippen molar-refractivity contribution >= 4 is 5.91 Å². The normalized spacial score (nSPS) is 12.4. The summed E-state index contributed by atoms with van der Waals surface area (Å²) >= 11 is 0. The molecule has 0 saturated heterocycles. The van der Waals surface area contributed by atoms with Gasteiger partial charge in [-0.05, 0) is 31.9 Å². The number of carbonyl (C=O) groups is 1. The Morgan fingerprint density at radius 1 is 1.50 bits per heavy atom. The summed E-state index contributed by atoms with van der Waals surface area (Å²) in [6.45, 7) is 10.3. The van der Waals surface area contributed by atoms with E-state index in [1.807, 2.05) is 19.9 Å². The Balaban J connectivity index is 4.30. The Bertz CT molecular complexity index is 314. The smallest absolute Gasteiger partial charge is 0.250 e. The van der Waals surface area contributed by atoms with E-state index < -0.39 is 0 Å². The van der Waals surface area contributed by atoms with E-state index in [0.717, 1.165) is 18.4 Å². The van der Waals surface area contributed by atoms with Crippen LogP contribution in [0.15, 0.2) is 35.6 Å². The lowest BCUT2D eigenvalue weighted by Gasteiger charge is -2.05. The Labute approximate surface area is 98.1 Å². The molecular formula is C13H22N2O. The number of carbonyl (C=O) groups excluding carboxylic acids is 1. The second-order valence-corrected chi connectivity index (χ2v) is 3.71. The highest BCUT2D eigenvalue weighted by atomic mass is 16.1. The fourth-order valence-corrected chi connectivity index (χ4v) is 1.03. The first-order chi connectivity index (χ1) is 7.52. The highest BCUT2D eigenvalue weighted by Crippen LogP contribution is 2.05. The molecule has 0 heterocycles. The van der Waals surface area contributed by atoms with E-state index in [4.69, 9.17) is 5.73 Å². The molecule has 1 amide bonds. The van der Waals surface area contributed by atoms with E-state index >= 15 is 0 Å². The van der Waals surface area contributed by atoms with Crippen molar-refractivity contribution in [1.82, 2.24) is 5.32 Å². The molecule has 0 rings (SSSR count). The summed E-state index contributed by atoms with van der Waals surface area (Å²) in [7, 11) is 0. The van der Waals surface area contributed by atoms with Crippen molar-refractivity contribution in [2.24, 2.45) is 5.73 Å². The largest absolute Gasteiger partial charge is 0.399 e. The lowest BCUT2D eigenvalue weighted by atomic mass is 10.1. The molecule has 0 unspecified atom stereocenters. The average Bonchev–Trinajstić information content (AvgIpc) is 2.27. The maximum Gasteiger partial charge on any atom is 0.250 e. The van der Waals surface area contributed by atoms with Crippen molar-refractivity contribution in [2.75, 3.05) is 6.54 Å². The molecule has 0 aliphatic carbocycles. The van der Waals surface area contributed by atoms with Crippen LogP contribution in [-0.2, 0) is 4.79 Å². The van der Waals surface area contributed by atoms with Crippen LogP contribution >= 0.6 is 0 Å². The molecule has 0 bridgehead atoms. The van der Waals surface area contributed by atoms with Gasteiger partial charge in [0.1, 0.15) is 0 Å². The van der Waals surface area contributed by atoms with Gasteiger partial charge in [0.15, 0.2) is 0 Å². The second kappa shape index (κ2) is 7.74. The lowest BCUT2D eigenvalue weighted by molar-refractivity contribution is -0.117. The Kier molecular flexibility index (Phi) is 7.01. The third-order valence-electron chi connectivity index (χ3n) is 2.33. The Morgan fingerprint density at radius 3 is 2.62 bits per heavy atom. The van der Waals surface area contributed by atoms with Crippen LogP contribution in [0.25, 0.3) is 0 Å². The number of hydrogen-bond donors (Lipinski definition) is 2. The molecule has 90 valence electrons. The summed E-state index contributed by atoms with van der Waals surface area (Å²) in [5.74, 6) is -0.152. The third kappa shape index (κ3) is 5.39. The van der Waals surface area contributed by atoms with Gasteiger partial charge < -0.3 is 11.1 Å². The predicted octanol–water partition coefficient (Wildman–Crippen LogP) is 2.27. The predicted molar refractivity (Wildman–Crippen MR) is 68.8 cm³/mol. The number of unbranched alkanes of at least 4 members (excludes halogenated alkanes) is 1. The number of amides is 1. The zero-order chi connectivity index (χ0) is 12.6. The molecule has 0 saturated carbocycles. The zero-order valence-corrected chi connectivity index (χ0v) is 10.5. The van der Waals surface area contributed by atoms with Gasteiger partial charge in [-0.25, -0.2) is 0 Å². The van der Waals surface area contributed by atoms with Crippen molar-refractivity contribution in [3.05, 3.63) is 35.6 Å². The summed E-state index contributed by atoms with van der Waals surface area (Å²) in [5, 5.41) is 2.79. The molecule has 0 aliphatic rings. The average molecular weight is 222 g/mol. The topological polar surface area (TPSA) is 55.1 Å². The standard InChI is InChI=1S/C13H22N2O/c1-5-7-8-15-13(16)11(4)9-12(14)10(3)6-2/h6,9H,4-5,7-8,14H2,1-3H3,(H,15,16)/b10-6-,12-9+. The third-order valence-corrected chi connectivity index (χ3v) is 2.33. The first-order valence-corrected chi connectivity index (χ1v) is 5.60. The van der Waals surface area contributed by atoms with Crippen molar-refractivity contribution < 1.29 is 4.79 Å². The quantitative estimate of drug-likeness (QED) is 0.411. The molecule has 0 radical (unpaired) electrons. The van der Waals surface area contributed by atoms with E-state index in [0.29, 0.717) is 17.8 Å². The number of nitrogens with one attached hydrogen (secondary N) is 1. The molecule has 0 aromatic heterocycles. The van der Waals surface area contributed by atoms with Gasteiger partial charge in [0.2, 0.25) is 0 Å².